The quantitative estimate of drug-likeness (QED) is 0.674. The maximum atomic E-state index is 11.9. The first-order valence-electron chi connectivity index (χ1n) is 5.20. The molecule has 0 aromatic heterocycles. The van der Waals surface area contributed by atoms with E-state index in [2.05, 4.69) is 6.58 Å². The molecule has 3 nitrogen and oxygen atoms in total. The number of nitrogens with zero attached hydrogens (tertiary/aromatic N) is 1. The third-order valence-electron chi connectivity index (χ3n) is 2.10. The van der Waals surface area contributed by atoms with E-state index in [1.165, 1.54) is 0 Å². The van der Waals surface area contributed by atoms with Gasteiger partial charge in [0.2, 0.25) is 5.91 Å². The number of amides is 1. The van der Waals surface area contributed by atoms with Gasteiger partial charge in [-0.25, -0.2) is 0 Å². The minimum atomic E-state index is -0.364. The molecule has 0 aromatic carbocycles. The standard InChI is InChI=1S/C11H22N2OS/c1-5-13(8-9(2)3)11(14)10(12)6-7-15-4/h10H,2,5-8,12H2,1,3-4H3/t10-/m1/s1. The van der Waals surface area contributed by atoms with E-state index in [1.807, 2.05) is 20.1 Å². The molecule has 0 fully saturated rings. The monoisotopic (exact) mass is 230 g/mol. The van der Waals surface area contributed by atoms with Gasteiger partial charge in [-0.2, -0.15) is 11.8 Å². The normalized spacial score (nSPS) is 12.3. The number of thioether (sulfide) groups is 1. The first kappa shape index (κ1) is 14.5. The van der Waals surface area contributed by atoms with Crippen molar-refractivity contribution >= 4 is 17.7 Å². The summed E-state index contributed by atoms with van der Waals surface area (Å²) in [4.78, 5) is 13.6. The van der Waals surface area contributed by atoms with E-state index in [0.717, 1.165) is 17.7 Å². The van der Waals surface area contributed by atoms with Crippen LogP contribution in [-0.4, -0.2) is 41.9 Å². The van der Waals surface area contributed by atoms with E-state index in [9.17, 15) is 4.79 Å². The molecule has 0 saturated carbocycles. The van der Waals surface area contributed by atoms with Crippen molar-refractivity contribution in [3.63, 3.8) is 0 Å². The molecule has 0 bridgehead atoms. The van der Waals surface area contributed by atoms with E-state index in [1.54, 1.807) is 16.7 Å². The Hall–Kier alpha value is -0.480. The number of hydrogen-bond acceptors (Lipinski definition) is 3. The Morgan fingerprint density at radius 3 is 2.60 bits per heavy atom. The topological polar surface area (TPSA) is 46.3 Å². The van der Waals surface area contributed by atoms with Gasteiger partial charge in [0.25, 0.3) is 0 Å². The predicted octanol–water partition coefficient (Wildman–Crippen LogP) is 1.49. The second kappa shape index (κ2) is 7.77. The van der Waals surface area contributed by atoms with E-state index in [0.29, 0.717) is 13.1 Å². The largest absolute Gasteiger partial charge is 0.338 e. The molecule has 0 unspecified atom stereocenters. The highest BCUT2D eigenvalue weighted by molar-refractivity contribution is 7.98. The average molecular weight is 230 g/mol. The van der Waals surface area contributed by atoms with Gasteiger partial charge in [0.05, 0.1) is 6.04 Å². The molecule has 1 atom stereocenters. The molecule has 88 valence electrons. The van der Waals surface area contributed by atoms with Gasteiger partial charge in [0.15, 0.2) is 0 Å². The Kier molecular flexibility index (Phi) is 7.52. The Morgan fingerprint density at radius 1 is 1.60 bits per heavy atom. The minimum Gasteiger partial charge on any atom is -0.338 e. The van der Waals surface area contributed by atoms with Crippen molar-refractivity contribution in [1.29, 1.82) is 0 Å². The molecule has 0 aromatic rings. The van der Waals surface area contributed by atoms with Crippen molar-refractivity contribution in [3.05, 3.63) is 12.2 Å². The summed E-state index contributed by atoms with van der Waals surface area (Å²) in [5.74, 6) is 0.965. The van der Waals surface area contributed by atoms with Crippen molar-refractivity contribution in [1.82, 2.24) is 4.90 Å². The minimum absolute atomic E-state index is 0.0366. The van der Waals surface area contributed by atoms with Crippen LogP contribution < -0.4 is 5.73 Å². The highest BCUT2D eigenvalue weighted by atomic mass is 32.2. The van der Waals surface area contributed by atoms with E-state index >= 15 is 0 Å². The number of nitrogens with two attached hydrogens (primary N) is 1. The molecule has 0 rings (SSSR count). The van der Waals surface area contributed by atoms with Gasteiger partial charge in [-0.3, -0.25) is 4.79 Å². The fraction of sp³-hybridized carbons (Fsp3) is 0.727. The highest BCUT2D eigenvalue weighted by Gasteiger charge is 2.18. The van der Waals surface area contributed by atoms with Crippen LogP contribution in [-0.2, 0) is 4.79 Å². The van der Waals surface area contributed by atoms with E-state index in [-0.39, 0.29) is 11.9 Å². The molecule has 0 aliphatic rings. The van der Waals surface area contributed by atoms with Gasteiger partial charge in [0.1, 0.15) is 0 Å². The van der Waals surface area contributed by atoms with Crippen LogP contribution in [0.25, 0.3) is 0 Å². The fourth-order valence-corrected chi connectivity index (χ4v) is 1.76. The number of carbonyl (C=O) groups is 1. The van der Waals surface area contributed by atoms with Crippen LogP contribution in [0.3, 0.4) is 0 Å². The molecule has 0 aliphatic heterocycles. The van der Waals surface area contributed by atoms with E-state index in [4.69, 9.17) is 5.73 Å². The number of likely N-dealkylation sites (N-methyl/N-ethyl adjacent to an activating group) is 1. The summed E-state index contributed by atoms with van der Waals surface area (Å²) in [6.07, 6.45) is 2.76. The molecule has 0 saturated heterocycles. The van der Waals surface area contributed by atoms with Gasteiger partial charge in [-0.15, -0.1) is 0 Å². The molecule has 2 N–H and O–H groups in total. The maximum Gasteiger partial charge on any atom is 0.239 e. The Morgan fingerprint density at radius 2 is 2.20 bits per heavy atom. The first-order chi connectivity index (χ1) is 7.02. The van der Waals surface area contributed by atoms with Crippen molar-refractivity contribution in [3.8, 4) is 0 Å². The SMILES string of the molecule is C=C(C)CN(CC)C(=O)[C@H](N)CCSC. The van der Waals surface area contributed by atoms with Crippen molar-refractivity contribution in [2.75, 3.05) is 25.1 Å². The molecular formula is C11H22N2OS. The van der Waals surface area contributed by atoms with Crippen LogP contribution >= 0.6 is 11.8 Å². The van der Waals surface area contributed by atoms with Gasteiger partial charge in [0, 0.05) is 13.1 Å². The van der Waals surface area contributed by atoms with Crippen LogP contribution in [0.2, 0.25) is 0 Å². The second-order valence-corrected chi connectivity index (χ2v) is 4.68. The maximum absolute atomic E-state index is 11.9. The van der Waals surface area contributed by atoms with Crippen LogP contribution in [0, 0.1) is 0 Å². The summed E-state index contributed by atoms with van der Waals surface area (Å²) < 4.78 is 0. The molecule has 0 radical (unpaired) electrons. The summed E-state index contributed by atoms with van der Waals surface area (Å²) in [5.41, 5.74) is 6.81. The highest BCUT2D eigenvalue weighted by Crippen LogP contribution is 2.04. The molecule has 0 aliphatic carbocycles. The summed E-state index contributed by atoms with van der Waals surface area (Å²) >= 11 is 1.71. The summed E-state index contributed by atoms with van der Waals surface area (Å²) in [5, 5.41) is 0. The summed E-state index contributed by atoms with van der Waals surface area (Å²) in [6.45, 7) is 8.99. The summed E-state index contributed by atoms with van der Waals surface area (Å²) in [6, 6.07) is -0.364. The number of hydrogen-bond donors (Lipinski definition) is 1. The molecule has 4 heteroatoms. The lowest BCUT2D eigenvalue weighted by atomic mass is 10.2. The van der Waals surface area contributed by atoms with Crippen LogP contribution in [0.1, 0.15) is 20.3 Å². The zero-order chi connectivity index (χ0) is 11.8. The molecule has 15 heavy (non-hydrogen) atoms. The predicted molar refractivity (Wildman–Crippen MR) is 68.0 cm³/mol. The van der Waals surface area contributed by atoms with Gasteiger partial charge >= 0.3 is 0 Å². The smallest absolute Gasteiger partial charge is 0.239 e. The fourth-order valence-electron chi connectivity index (χ4n) is 1.27. The van der Waals surface area contributed by atoms with Crippen molar-refractivity contribution in [2.24, 2.45) is 5.73 Å². The lowest BCUT2D eigenvalue weighted by Gasteiger charge is -2.24. The van der Waals surface area contributed by atoms with Crippen molar-refractivity contribution in [2.45, 2.75) is 26.3 Å². The third kappa shape index (κ3) is 5.85. The number of carbonyl (C=O) groups excluding carboxylic acids is 1. The van der Waals surface area contributed by atoms with Crippen LogP contribution in [0.4, 0.5) is 0 Å². The van der Waals surface area contributed by atoms with Crippen molar-refractivity contribution < 1.29 is 4.79 Å². The Balaban J connectivity index is 4.17. The van der Waals surface area contributed by atoms with Crippen LogP contribution in [0.15, 0.2) is 12.2 Å². The zero-order valence-corrected chi connectivity index (χ0v) is 10.8. The number of rotatable bonds is 7. The van der Waals surface area contributed by atoms with Gasteiger partial charge in [-0.05, 0) is 32.3 Å². The molecule has 0 spiro atoms. The average Bonchev–Trinajstić information content (AvgIpc) is 2.21. The molecular weight excluding hydrogens is 208 g/mol. The first-order valence-corrected chi connectivity index (χ1v) is 6.60. The molecule has 0 heterocycles. The lowest BCUT2D eigenvalue weighted by molar-refractivity contribution is -0.132. The Bertz CT molecular complexity index is 219. The van der Waals surface area contributed by atoms with E-state index < -0.39 is 0 Å². The third-order valence-corrected chi connectivity index (χ3v) is 2.75. The van der Waals surface area contributed by atoms with Gasteiger partial charge < -0.3 is 10.6 Å². The summed E-state index contributed by atoms with van der Waals surface area (Å²) in [7, 11) is 0. The molecule has 1 amide bonds. The van der Waals surface area contributed by atoms with Gasteiger partial charge in [-0.1, -0.05) is 12.2 Å². The lowest BCUT2D eigenvalue weighted by Crippen LogP contribution is -2.44. The Labute approximate surface area is 97.1 Å². The second-order valence-electron chi connectivity index (χ2n) is 3.70. The zero-order valence-electron chi connectivity index (χ0n) is 9.95. The van der Waals surface area contributed by atoms with Crippen LogP contribution in [0.5, 0.6) is 0 Å².